The lowest BCUT2D eigenvalue weighted by Gasteiger charge is -2.05. The molecule has 1 amide bonds. The molecule has 0 fully saturated rings. The molecule has 0 aliphatic heterocycles. The maximum absolute atomic E-state index is 10.7. The second kappa shape index (κ2) is 4.25. The van der Waals surface area contributed by atoms with Crippen molar-refractivity contribution in [2.24, 2.45) is 0 Å². The summed E-state index contributed by atoms with van der Waals surface area (Å²) in [6, 6.07) is 4.99. The number of hydrogen-bond donors (Lipinski definition) is 2. The van der Waals surface area contributed by atoms with E-state index in [1.54, 1.807) is 18.2 Å². The van der Waals surface area contributed by atoms with E-state index in [9.17, 15) is 4.79 Å². The first-order chi connectivity index (χ1) is 6.13. The number of halogens is 1. The number of benzene rings is 1. The Morgan fingerprint density at radius 2 is 2.31 bits per heavy atom. The zero-order valence-electron chi connectivity index (χ0n) is 7.17. The van der Waals surface area contributed by atoms with Gasteiger partial charge >= 0.3 is 0 Å². The van der Waals surface area contributed by atoms with Crippen LogP contribution < -0.4 is 5.32 Å². The normalized spacial score (nSPS) is 9.77. The lowest BCUT2D eigenvalue weighted by Crippen LogP contribution is -2.06. The third-order valence-electron chi connectivity index (χ3n) is 1.53. The fourth-order valence-electron chi connectivity index (χ4n) is 0.948. The Kier molecular flexibility index (Phi) is 3.28. The van der Waals surface area contributed by atoms with Gasteiger partial charge in [0.15, 0.2) is 0 Å². The van der Waals surface area contributed by atoms with E-state index < -0.39 is 0 Å². The molecule has 3 nitrogen and oxygen atoms in total. The summed E-state index contributed by atoms with van der Waals surface area (Å²) in [5.74, 6) is -0.168. The molecule has 0 saturated heterocycles. The molecular weight excluding hydrogens is 190 g/mol. The first-order valence-electron chi connectivity index (χ1n) is 3.80. The maximum atomic E-state index is 10.7. The quantitative estimate of drug-likeness (QED) is 0.763. The van der Waals surface area contributed by atoms with Gasteiger partial charge in [-0.25, -0.2) is 0 Å². The van der Waals surface area contributed by atoms with E-state index in [2.05, 4.69) is 5.32 Å². The van der Waals surface area contributed by atoms with Gasteiger partial charge in [-0.3, -0.25) is 4.79 Å². The van der Waals surface area contributed by atoms with Gasteiger partial charge in [-0.05, 0) is 17.7 Å². The monoisotopic (exact) mass is 199 g/mol. The zero-order valence-corrected chi connectivity index (χ0v) is 7.93. The number of carbonyl (C=O) groups excluding carboxylic acids is 1. The predicted octanol–water partition coefficient (Wildman–Crippen LogP) is 1.79. The maximum Gasteiger partial charge on any atom is 0.221 e. The molecule has 1 aromatic rings. The highest BCUT2D eigenvalue weighted by atomic mass is 35.5. The van der Waals surface area contributed by atoms with Crippen LogP contribution in [0, 0.1) is 0 Å². The van der Waals surface area contributed by atoms with Gasteiger partial charge in [0.25, 0.3) is 0 Å². The lowest BCUT2D eigenvalue weighted by atomic mass is 10.2. The summed E-state index contributed by atoms with van der Waals surface area (Å²) in [6.07, 6.45) is 0. The van der Waals surface area contributed by atoms with Gasteiger partial charge in [-0.2, -0.15) is 0 Å². The van der Waals surface area contributed by atoms with Crippen LogP contribution in [0.2, 0.25) is 5.02 Å². The molecule has 0 spiro atoms. The molecule has 0 saturated carbocycles. The molecule has 1 aromatic carbocycles. The van der Waals surface area contributed by atoms with E-state index in [0.29, 0.717) is 10.7 Å². The van der Waals surface area contributed by atoms with Crippen LogP contribution in [0.25, 0.3) is 0 Å². The largest absolute Gasteiger partial charge is 0.392 e. The van der Waals surface area contributed by atoms with Crippen molar-refractivity contribution < 1.29 is 9.90 Å². The highest BCUT2D eigenvalue weighted by Crippen LogP contribution is 2.22. The molecule has 2 N–H and O–H groups in total. The summed E-state index contributed by atoms with van der Waals surface area (Å²) in [5, 5.41) is 11.8. The van der Waals surface area contributed by atoms with Crippen LogP contribution in [0.3, 0.4) is 0 Å². The Morgan fingerprint density at radius 3 is 2.77 bits per heavy atom. The smallest absolute Gasteiger partial charge is 0.221 e. The number of aliphatic hydroxyl groups excluding tert-OH is 1. The molecular formula is C9H10ClNO2. The molecule has 70 valence electrons. The summed E-state index contributed by atoms with van der Waals surface area (Å²) < 4.78 is 0. The fraction of sp³-hybridized carbons (Fsp3) is 0.222. The van der Waals surface area contributed by atoms with Gasteiger partial charge in [0, 0.05) is 6.92 Å². The third-order valence-corrected chi connectivity index (χ3v) is 1.84. The Balaban J connectivity index is 2.91. The topological polar surface area (TPSA) is 49.3 Å². The van der Waals surface area contributed by atoms with E-state index in [-0.39, 0.29) is 12.5 Å². The van der Waals surface area contributed by atoms with E-state index in [1.165, 1.54) is 6.92 Å². The number of aliphatic hydroxyl groups is 1. The summed E-state index contributed by atoms with van der Waals surface area (Å²) in [4.78, 5) is 10.7. The van der Waals surface area contributed by atoms with Crippen molar-refractivity contribution in [1.29, 1.82) is 0 Å². The standard InChI is InChI=1S/C9H10ClNO2/c1-6(13)11-9-3-2-7(5-12)4-8(9)10/h2-4,12H,5H2,1H3,(H,11,13). The Morgan fingerprint density at radius 1 is 1.62 bits per heavy atom. The average Bonchev–Trinajstić information content (AvgIpc) is 2.08. The number of rotatable bonds is 2. The Bertz CT molecular complexity index is 325. The predicted molar refractivity (Wildman–Crippen MR) is 51.7 cm³/mol. The van der Waals surface area contributed by atoms with Crippen molar-refractivity contribution in [3.8, 4) is 0 Å². The average molecular weight is 200 g/mol. The fourth-order valence-corrected chi connectivity index (χ4v) is 1.20. The first kappa shape index (κ1) is 10.0. The number of nitrogens with one attached hydrogen (secondary N) is 1. The van der Waals surface area contributed by atoms with Crippen molar-refractivity contribution in [3.05, 3.63) is 28.8 Å². The highest BCUT2D eigenvalue weighted by Gasteiger charge is 2.02. The highest BCUT2D eigenvalue weighted by molar-refractivity contribution is 6.33. The van der Waals surface area contributed by atoms with Gasteiger partial charge in [0.1, 0.15) is 0 Å². The molecule has 0 bridgehead atoms. The van der Waals surface area contributed by atoms with Gasteiger partial charge in [0.05, 0.1) is 17.3 Å². The van der Waals surface area contributed by atoms with Gasteiger partial charge in [0.2, 0.25) is 5.91 Å². The molecule has 0 radical (unpaired) electrons. The molecule has 1 rings (SSSR count). The molecule has 4 heteroatoms. The molecule has 0 heterocycles. The number of anilines is 1. The first-order valence-corrected chi connectivity index (χ1v) is 4.18. The van der Waals surface area contributed by atoms with Crippen LogP contribution in [-0.2, 0) is 11.4 Å². The number of amides is 1. The molecule has 0 aliphatic carbocycles. The zero-order chi connectivity index (χ0) is 9.84. The van der Waals surface area contributed by atoms with Gasteiger partial charge in [-0.15, -0.1) is 0 Å². The second-order valence-corrected chi connectivity index (χ2v) is 3.06. The molecule has 0 aromatic heterocycles. The van der Waals surface area contributed by atoms with Crippen LogP contribution in [0.4, 0.5) is 5.69 Å². The van der Waals surface area contributed by atoms with Crippen LogP contribution in [0.15, 0.2) is 18.2 Å². The van der Waals surface area contributed by atoms with Crippen molar-refractivity contribution in [1.82, 2.24) is 0 Å². The summed E-state index contributed by atoms with van der Waals surface area (Å²) in [6.45, 7) is 1.36. The van der Waals surface area contributed by atoms with E-state index in [0.717, 1.165) is 5.56 Å². The van der Waals surface area contributed by atoms with Gasteiger partial charge in [-0.1, -0.05) is 17.7 Å². The van der Waals surface area contributed by atoms with Crippen molar-refractivity contribution >= 4 is 23.2 Å². The van der Waals surface area contributed by atoms with Crippen LogP contribution in [-0.4, -0.2) is 11.0 Å². The minimum Gasteiger partial charge on any atom is -0.392 e. The SMILES string of the molecule is CC(=O)Nc1ccc(CO)cc1Cl. The minimum absolute atomic E-state index is 0.0555. The summed E-state index contributed by atoms with van der Waals surface area (Å²) >= 11 is 5.83. The van der Waals surface area contributed by atoms with Crippen molar-refractivity contribution in [2.45, 2.75) is 13.5 Å². The number of carbonyl (C=O) groups is 1. The number of hydrogen-bond acceptors (Lipinski definition) is 2. The second-order valence-electron chi connectivity index (χ2n) is 2.65. The Hall–Kier alpha value is -1.06. The van der Waals surface area contributed by atoms with Crippen LogP contribution >= 0.6 is 11.6 Å². The molecule has 0 unspecified atom stereocenters. The summed E-state index contributed by atoms with van der Waals surface area (Å²) in [7, 11) is 0. The third kappa shape index (κ3) is 2.72. The minimum atomic E-state index is -0.168. The molecule has 0 atom stereocenters. The van der Waals surface area contributed by atoms with E-state index in [1.807, 2.05) is 0 Å². The van der Waals surface area contributed by atoms with E-state index in [4.69, 9.17) is 16.7 Å². The van der Waals surface area contributed by atoms with E-state index >= 15 is 0 Å². The summed E-state index contributed by atoms with van der Waals surface area (Å²) in [5.41, 5.74) is 1.28. The lowest BCUT2D eigenvalue weighted by molar-refractivity contribution is -0.114. The van der Waals surface area contributed by atoms with Crippen molar-refractivity contribution in [2.75, 3.05) is 5.32 Å². The van der Waals surface area contributed by atoms with Crippen LogP contribution in [0.1, 0.15) is 12.5 Å². The van der Waals surface area contributed by atoms with Crippen molar-refractivity contribution in [3.63, 3.8) is 0 Å². The molecule has 13 heavy (non-hydrogen) atoms. The van der Waals surface area contributed by atoms with Crippen LogP contribution in [0.5, 0.6) is 0 Å². The Labute approximate surface area is 81.3 Å². The molecule has 0 aliphatic rings. The van der Waals surface area contributed by atoms with Gasteiger partial charge < -0.3 is 10.4 Å².